The Morgan fingerprint density at radius 2 is 2.16 bits per heavy atom. The second-order valence-corrected chi connectivity index (χ2v) is 4.63. The van der Waals surface area contributed by atoms with E-state index in [0.29, 0.717) is 11.5 Å². The minimum absolute atomic E-state index is 0.0575. The van der Waals surface area contributed by atoms with Crippen LogP contribution >= 0.6 is 0 Å². The normalized spacial score (nSPS) is 11.3. The van der Waals surface area contributed by atoms with Gasteiger partial charge in [0.2, 0.25) is 5.91 Å². The van der Waals surface area contributed by atoms with Gasteiger partial charge in [-0.05, 0) is 26.0 Å². The van der Waals surface area contributed by atoms with Crippen LogP contribution in [-0.2, 0) is 10.3 Å². The summed E-state index contributed by atoms with van der Waals surface area (Å²) >= 11 is 0. The summed E-state index contributed by atoms with van der Waals surface area (Å²) in [4.78, 5) is 19.3. The molecule has 0 aromatic carbocycles. The number of amides is 1. The molecule has 0 saturated heterocycles. The van der Waals surface area contributed by atoms with Gasteiger partial charge >= 0.3 is 0 Å². The van der Waals surface area contributed by atoms with Gasteiger partial charge in [0.05, 0.1) is 11.7 Å². The van der Waals surface area contributed by atoms with Crippen LogP contribution in [0.25, 0.3) is 11.6 Å². The standard InChI is InChI=1S/C12H14N4O3/c1-7(17)15-12(2,3)11-14-10(19-16-11)9-5-4-8(18)6-13-9/h4-6,18H,1-3H3,(H,15,17). The SMILES string of the molecule is CC(=O)NC(C)(C)c1noc(-c2ccc(O)cn2)n1. The molecule has 19 heavy (non-hydrogen) atoms. The van der Waals surface area contributed by atoms with Crippen LogP contribution in [0.3, 0.4) is 0 Å². The fourth-order valence-corrected chi connectivity index (χ4v) is 1.59. The molecular formula is C12H14N4O3. The van der Waals surface area contributed by atoms with Gasteiger partial charge in [0, 0.05) is 6.92 Å². The van der Waals surface area contributed by atoms with Crippen molar-refractivity contribution in [3.8, 4) is 17.3 Å². The lowest BCUT2D eigenvalue weighted by molar-refractivity contribution is -0.120. The molecule has 0 aliphatic rings. The first-order valence-corrected chi connectivity index (χ1v) is 5.67. The number of carbonyl (C=O) groups is 1. The summed E-state index contributed by atoms with van der Waals surface area (Å²) < 4.78 is 5.10. The molecule has 1 amide bonds. The lowest BCUT2D eigenvalue weighted by Crippen LogP contribution is -2.40. The molecule has 2 heterocycles. The van der Waals surface area contributed by atoms with Crippen molar-refractivity contribution in [3.05, 3.63) is 24.2 Å². The predicted octanol–water partition coefficient (Wildman–Crippen LogP) is 1.21. The molecule has 0 fully saturated rings. The van der Waals surface area contributed by atoms with Crippen LogP contribution in [0.5, 0.6) is 5.75 Å². The number of aromatic nitrogens is 3. The first-order chi connectivity index (χ1) is 8.88. The van der Waals surface area contributed by atoms with E-state index in [4.69, 9.17) is 9.63 Å². The van der Waals surface area contributed by atoms with E-state index in [2.05, 4.69) is 20.4 Å². The number of carbonyl (C=O) groups excluding carboxylic acids is 1. The summed E-state index contributed by atoms with van der Waals surface area (Å²) in [5, 5.41) is 15.7. The molecule has 7 heteroatoms. The van der Waals surface area contributed by atoms with Gasteiger partial charge in [0.25, 0.3) is 5.89 Å². The van der Waals surface area contributed by atoms with Gasteiger partial charge in [-0.25, -0.2) is 4.98 Å². The molecule has 0 unspecified atom stereocenters. The minimum atomic E-state index is -0.732. The molecule has 0 aliphatic heterocycles. The summed E-state index contributed by atoms with van der Waals surface area (Å²) in [7, 11) is 0. The molecule has 2 aromatic rings. The average molecular weight is 262 g/mol. The highest BCUT2D eigenvalue weighted by Gasteiger charge is 2.28. The van der Waals surface area contributed by atoms with Crippen molar-refractivity contribution >= 4 is 5.91 Å². The predicted molar refractivity (Wildman–Crippen MR) is 66.0 cm³/mol. The Morgan fingerprint density at radius 3 is 2.74 bits per heavy atom. The van der Waals surface area contributed by atoms with E-state index in [-0.39, 0.29) is 17.5 Å². The second-order valence-electron chi connectivity index (χ2n) is 4.63. The summed E-state index contributed by atoms with van der Waals surface area (Å²) in [5.74, 6) is 0.460. The number of pyridine rings is 1. The van der Waals surface area contributed by atoms with E-state index in [0.717, 1.165) is 0 Å². The van der Waals surface area contributed by atoms with Gasteiger partial charge < -0.3 is 14.9 Å². The second kappa shape index (κ2) is 4.68. The quantitative estimate of drug-likeness (QED) is 0.862. The van der Waals surface area contributed by atoms with Crippen molar-refractivity contribution < 1.29 is 14.4 Å². The Morgan fingerprint density at radius 1 is 1.42 bits per heavy atom. The van der Waals surface area contributed by atoms with Crippen LogP contribution in [0, 0.1) is 0 Å². The summed E-state index contributed by atoms with van der Waals surface area (Å²) in [6.45, 7) is 4.96. The topological polar surface area (TPSA) is 101 Å². The Labute approximate surface area is 109 Å². The summed E-state index contributed by atoms with van der Waals surface area (Å²) in [6.07, 6.45) is 1.29. The van der Waals surface area contributed by atoms with Crippen molar-refractivity contribution in [1.29, 1.82) is 0 Å². The highest BCUT2D eigenvalue weighted by atomic mass is 16.5. The van der Waals surface area contributed by atoms with Crippen LogP contribution in [0.1, 0.15) is 26.6 Å². The van der Waals surface area contributed by atoms with Gasteiger partial charge in [0.1, 0.15) is 11.4 Å². The van der Waals surface area contributed by atoms with Crippen LogP contribution < -0.4 is 5.32 Å². The molecule has 7 nitrogen and oxygen atoms in total. The van der Waals surface area contributed by atoms with E-state index < -0.39 is 5.54 Å². The smallest absolute Gasteiger partial charge is 0.276 e. The van der Waals surface area contributed by atoms with Crippen molar-refractivity contribution in [2.75, 3.05) is 0 Å². The lowest BCUT2D eigenvalue weighted by atomic mass is 10.1. The number of aromatic hydroxyl groups is 1. The van der Waals surface area contributed by atoms with Crippen LogP contribution in [0.15, 0.2) is 22.9 Å². The van der Waals surface area contributed by atoms with Crippen molar-refractivity contribution in [1.82, 2.24) is 20.4 Å². The van der Waals surface area contributed by atoms with Gasteiger partial charge in [-0.2, -0.15) is 4.98 Å². The fourth-order valence-electron chi connectivity index (χ4n) is 1.59. The largest absolute Gasteiger partial charge is 0.506 e. The number of hydrogen-bond acceptors (Lipinski definition) is 6. The van der Waals surface area contributed by atoms with E-state index in [1.807, 2.05) is 0 Å². The first kappa shape index (κ1) is 13.0. The third kappa shape index (κ3) is 2.87. The number of nitrogens with one attached hydrogen (secondary N) is 1. The molecule has 0 radical (unpaired) electrons. The molecule has 100 valence electrons. The van der Waals surface area contributed by atoms with Crippen molar-refractivity contribution in [2.45, 2.75) is 26.3 Å². The molecule has 0 atom stereocenters. The van der Waals surface area contributed by atoms with Crippen LogP contribution in [-0.4, -0.2) is 26.1 Å². The fraction of sp³-hybridized carbons (Fsp3) is 0.333. The van der Waals surface area contributed by atoms with Crippen LogP contribution in [0.4, 0.5) is 0 Å². The maximum absolute atomic E-state index is 11.1. The van der Waals surface area contributed by atoms with Gasteiger partial charge in [-0.1, -0.05) is 5.16 Å². The molecule has 0 spiro atoms. The summed E-state index contributed by atoms with van der Waals surface area (Å²) in [6, 6.07) is 3.04. The Hall–Kier alpha value is -2.44. The molecule has 2 aromatic heterocycles. The van der Waals surface area contributed by atoms with Crippen molar-refractivity contribution in [3.63, 3.8) is 0 Å². The van der Waals surface area contributed by atoms with E-state index in [1.165, 1.54) is 19.2 Å². The maximum Gasteiger partial charge on any atom is 0.276 e. The van der Waals surface area contributed by atoms with E-state index in [1.54, 1.807) is 19.9 Å². The monoisotopic (exact) mass is 262 g/mol. The maximum atomic E-state index is 11.1. The zero-order valence-corrected chi connectivity index (χ0v) is 10.8. The van der Waals surface area contributed by atoms with Gasteiger partial charge in [0.15, 0.2) is 5.82 Å². The molecule has 0 aliphatic carbocycles. The average Bonchev–Trinajstić information content (AvgIpc) is 2.78. The van der Waals surface area contributed by atoms with E-state index >= 15 is 0 Å². The highest BCUT2D eigenvalue weighted by molar-refractivity contribution is 5.73. The number of nitrogens with zero attached hydrogens (tertiary/aromatic N) is 3. The van der Waals surface area contributed by atoms with Crippen LogP contribution in [0.2, 0.25) is 0 Å². The zero-order chi connectivity index (χ0) is 14.0. The Kier molecular flexibility index (Phi) is 3.20. The van der Waals surface area contributed by atoms with Gasteiger partial charge in [-0.3, -0.25) is 4.79 Å². The summed E-state index contributed by atoms with van der Waals surface area (Å²) in [5.41, 5.74) is -0.278. The van der Waals surface area contributed by atoms with E-state index in [9.17, 15) is 4.79 Å². The third-order valence-electron chi connectivity index (χ3n) is 2.44. The third-order valence-corrected chi connectivity index (χ3v) is 2.44. The van der Waals surface area contributed by atoms with Gasteiger partial charge in [-0.15, -0.1) is 0 Å². The molecular weight excluding hydrogens is 248 g/mol. The first-order valence-electron chi connectivity index (χ1n) is 5.67. The number of rotatable bonds is 3. The Balaban J connectivity index is 2.28. The zero-order valence-electron chi connectivity index (χ0n) is 10.8. The molecule has 0 bridgehead atoms. The lowest BCUT2D eigenvalue weighted by Gasteiger charge is -2.20. The minimum Gasteiger partial charge on any atom is -0.506 e. The number of hydrogen-bond donors (Lipinski definition) is 2. The molecule has 2 N–H and O–H groups in total. The van der Waals surface area contributed by atoms with Crippen molar-refractivity contribution in [2.24, 2.45) is 0 Å². The highest BCUT2D eigenvalue weighted by Crippen LogP contribution is 2.21. The molecule has 2 rings (SSSR count). The molecule has 0 saturated carbocycles. The Bertz CT molecular complexity index is 589.